The number of hydrogen-bond acceptors (Lipinski definition) is 4. The van der Waals surface area contributed by atoms with Crippen molar-refractivity contribution >= 4 is 28.5 Å². The van der Waals surface area contributed by atoms with Crippen molar-refractivity contribution in [2.45, 2.75) is 6.54 Å². The average Bonchev–Trinajstić information content (AvgIpc) is 3.27. The van der Waals surface area contributed by atoms with Gasteiger partial charge in [-0.1, -0.05) is 23.4 Å². The van der Waals surface area contributed by atoms with Crippen molar-refractivity contribution in [3.8, 4) is 5.75 Å². The second-order valence-corrected chi connectivity index (χ2v) is 6.44. The van der Waals surface area contributed by atoms with E-state index >= 15 is 0 Å². The molecule has 4 aromatic rings. The van der Waals surface area contributed by atoms with Crippen molar-refractivity contribution in [1.29, 1.82) is 0 Å². The van der Waals surface area contributed by atoms with Crippen molar-refractivity contribution in [3.05, 3.63) is 77.7 Å². The number of nitrogens with zero attached hydrogens (tertiary/aromatic N) is 4. The lowest BCUT2D eigenvalue weighted by atomic mass is 10.1. The maximum atomic E-state index is 13.2. The van der Waals surface area contributed by atoms with Gasteiger partial charge in [-0.15, -0.1) is 5.10 Å². The van der Waals surface area contributed by atoms with Gasteiger partial charge in [0.25, 0.3) is 0 Å². The minimum atomic E-state index is -0.108. The number of ketones is 1. The number of carbonyl (C=O) groups is 1. The van der Waals surface area contributed by atoms with Gasteiger partial charge in [0.05, 0.1) is 25.5 Å². The Hall–Kier alpha value is -3.67. The van der Waals surface area contributed by atoms with E-state index in [1.54, 1.807) is 42.3 Å². The Balaban J connectivity index is 1.68. The molecule has 6 nitrogen and oxygen atoms in total. The zero-order chi connectivity index (χ0) is 18.4. The number of aromatic nitrogens is 4. The Morgan fingerprint density at radius 2 is 1.93 bits per heavy atom. The largest absolute Gasteiger partial charge is 0.497 e. The predicted octanol–water partition coefficient (Wildman–Crippen LogP) is 3.48. The van der Waals surface area contributed by atoms with Crippen LogP contribution in [0.2, 0.25) is 0 Å². The van der Waals surface area contributed by atoms with Crippen molar-refractivity contribution in [2.75, 3.05) is 7.11 Å². The van der Waals surface area contributed by atoms with E-state index in [9.17, 15) is 4.79 Å². The second kappa shape index (κ2) is 5.95. The van der Waals surface area contributed by atoms with Gasteiger partial charge in [-0.05, 0) is 42.5 Å². The summed E-state index contributed by atoms with van der Waals surface area (Å²) < 4.78 is 8.99. The lowest BCUT2D eigenvalue weighted by Crippen LogP contribution is -2.12. The van der Waals surface area contributed by atoms with Crippen LogP contribution in [-0.4, -0.2) is 32.5 Å². The smallest absolute Gasteiger partial charge is 0.211 e. The van der Waals surface area contributed by atoms with Gasteiger partial charge < -0.3 is 9.30 Å². The molecule has 0 fully saturated rings. The van der Waals surface area contributed by atoms with E-state index < -0.39 is 0 Å². The highest BCUT2D eigenvalue weighted by molar-refractivity contribution is 6.28. The molecule has 0 saturated carbocycles. The van der Waals surface area contributed by atoms with Gasteiger partial charge in [0, 0.05) is 22.2 Å². The van der Waals surface area contributed by atoms with E-state index in [1.165, 1.54) is 0 Å². The van der Waals surface area contributed by atoms with Crippen LogP contribution in [-0.2, 0) is 6.54 Å². The minimum absolute atomic E-state index is 0.108. The maximum Gasteiger partial charge on any atom is 0.211 e. The van der Waals surface area contributed by atoms with Gasteiger partial charge >= 0.3 is 0 Å². The molecule has 0 radical (unpaired) electrons. The molecule has 132 valence electrons. The number of ether oxygens (including phenoxy) is 1. The number of fused-ring (bicyclic) bond motifs is 4. The Labute approximate surface area is 155 Å². The summed E-state index contributed by atoms with van der Waals surface area (Å²) in [4.78, 5) is 13.2. The number of para-hydroxylation sites is 1. The van der Waals surface area contributed by atoms with Gasteiger partial charge in [0.2, 0.25) is 5.78 Å². The topological polar surface area (TPSA) is 61.9 Å². The molecular weight excluding hydrogens is 340 g/mol. The quantitative estimate of drug-likeness (QED) is 0.527. The van der Waals surface area contributed by atoms with Crippen LogP contribution in [0.25, 0.3) is 22.7 Å². The van der Waals surface area contributed by atoms with E-state index in [4.69, 9.17) is 4.74 Å². The van der Waals surface area contributed by atoms with Crippen LogP contribution in [0, 0.1) is 0 Å². The second-order valence-electron chi connectivity index (χ2n) is 6.44. The number of carbonyl (C=O) groups excluding carboxylic acids is 1. The van der Waals surface area contributed by atoms with Crippen LogP contribution in [0.15, 0.2) is 60.8 Å². The molecule has 1 aliphatic rings. The third-order valence-electron chi connectivity index (χ3n) is 4.88. The molecular formula is C21H16N4O2. The Bertz CT molecular complexity index is 1200. The third kappa shape index (κ3) is 2.45. The van der Waals surface area contributed by atoms with Crippen LogP contribution >= 0.6 is 0 Å². The Morgan fingerprint density at radius 3 is 2.74 bits per heavy atom. The molecule has 2 aromatic heterocycles. The maximum absolute atomic E-state index is 13.2. The monoisotopic (exact) mass is 356 g/mol. The molecule has 0 saturated heterocycles. The van der Waals surface area contributed by atoms with Gasteiger partial charge in [-0.2, -0.15) is 0 Å². The van der Waals surface area contributed by atoms with Crippen LogP contribution in [0.1, 0.15) is 21.7 Å². The summed E-state index contributed by atoms with van der Waals surface area (Å²) in [6.45, 7) is 0.603. The lowest BCUT2D eigenvalue weighted by Gasteiger charge is -2.08. The van der Waals surface area contributed by atoms with E-state index in [0.29, 0.717) is 23.6 Å². The summed E-state index contributed by atoms with van der Waals surface area (Å²) in [5.41, 5.74) is 4.01. The van der Waals surface area contributed by atoms with Gasteiger partial charge in [0.15, 0.2) is 0 Å². The molecule has 0 unspecified atom stereocenters. The van der Waals surface area contributed by atoms with Crippen LogP contribution in [0.3, 0.4) is 0 Å². The van der Waals surface area contributed by atoms with Crippen molar-refractivity contribution in [1.82, 2.24) is 19.6 Å². The minimum Gasteiger partial charge on any atom is -0.497 e. The molecule has 6 heteroatoms. The van der Waals surface area contributed by atoms with Gasteiger partial charge in [-0.25, -0.2) is 4.68 Å². The molecule has 5 rings (SSSR count). The average molecular weight is 356 g/mol. The fourth-order valence-corrected chi connectivity index (χ4v) is 3.51. The van der Waals surface area contributed by atoms with E-state index in [-0.39, 0.29) is 5.78 Å². The first-order chi connectivity index (χ1) is 13.2. The molecule has 0 N–H and O–H groups in total. The number of allylic oxidation sites excluding steroid dienone is 1. The lowest BCUT2D eigenvalue weighted by molar-refractivity contribution is 0.105. The molecule has 0 aliphatic carbocycles. The SMILES string of the molecule is COc1ccc(C(=O)C2=Cc3cc4ccccc4n3Cc3cnnn32)cc1. The fourth-order valence-electron chi connectivity index (χ4n) is 3.51. The standard InChI is InChI=1S/C21H16N4O2/c1-27-18-8-6-14(7-9-18)21(26)20-11-16-10-15-4-2-3-5-19(15)24(16)13-17-12-22-23-25(17)20/h2-12H,13H2,1H3. The molecule has 1 aliphatic heterocycles. The fraction of sp³-hybridized carbons (Fsp3) is 0.0952. The summed E-state index contributed by atoms with van der Waals surface area (Å²) in [5, 5.41) is 9.32. The molecule has 0 atom stereocenters. The van der Waals surface area contributed by atoms with Crippen LogP contribution in [0.5, 0.6) is 5.75 Å². The van der Waals surface area contributed by atoms with Crippen molar-refractivity contribution in [2.24, 2.45) is 0 Å². The van der Waals surface area contributed by atoms with E-state index in [2.05, 4.69) is 33.1 Å². The van der Waals surface area contributed by atoms with Crippen LogP contribution < -0.4 is 4.74 Å². The summed E-state index contributed by atoms with van der Waals surface area (Å²) in [5.74, 6) is 0.603. The zero-order valence-corrected chi connectivity index (χ0v) is 14.7. The van der Waals surface area contributed by atoms with Crippen LogP contribution in [0.4, 0.5) is 0 Å². The van der Waals surface area contributed by atoms with E-state index in [1.807, 2.05) is 18.2 Å². The summed E-state index contributed by atoms with van der Waals surface area (Å²) >= 11 is 0. The molecule has 2 aromatic carbocycles. The Morgan fingerprint density at radius 1 is 1.11 bits per heavy atom. The zero-order valence-electron chi connectivity index (χ0n) is 14.7. The summed E-state index contributed by atoms with van der Waals surface area (Å²) in [6, 6.07) is 17.4. The van der Waals surface area contributed by atoms with E-state index in [0.717, 1.165) is 22.3 Å². The first-order valence-corrected chi connectivity index (χ1v) is 8.63. The molecule has 3 heterocycles. The molecule has 0 amide bonds. The highest BCUT2D eigenvalue weighted by Gasteiger charge is 2.23. The van der Waals surface area contributed by atoms with Crippen molar-refractivity contribution in [3.63, 3.8) is 0 Å². The molecule has 0 bridgehead atoms. The van der Waals surface area contributed by atoms with Crippen molar-refractivity contribution < 1.29 is 9.53 Å². The normalized spacial score (nSPS) is 12.9. The predicted molar refractivity (Wildman–Crippen MR) is 103 cm³/mol. The Kier molecular flexibility index (Phi) is 3.43. The highest BCUT2D eigenvalue weighted by Crippen LogP contribution is 2.28. The number of rotatable bonds is 3. The van der Waals surface area contributed by atoms with Gasteiger partial charge in [-0.3, -0.25) is 4.79 Å². The number of Topliss-reactive ketones (excluding diaryl/α,β-unsaturated/α-hetero) is 1. The summed E-state index contributed by atoms with van der Waals surface area (Å²) in [7, 11) is 1.60. The highest BCUT2D eigenvalue weighted by atomic mass is 16.5. The first-order valence-electron chi connectivity index (χ1n) is 8.63. The number of methoxy groups -OCH3 is 1. The molecule has 27 heavy (non-hydrogen) atoms. The summed E-state index contributed by atoms with van der Waals surface area (Å²) in [6.07, 6.45) is 3.59. The first kappa shape index (κ1) is 15.6. The number of benzene rings is 2. The van der Waals surface area contributed by atoms with Gasteiger partial charge in [0.1, 0.15) is 11.4 Å². The third-order valence-corrected chi connectivity index (χ3v) is 4.88. The number of hydrogen-bond donors (Lipinski definition) is 0. The molecule has 0 spiro atoms.